The summed E-state index contributed by atoms with van der Waals surface area (Å²) < 4.78 is 5.38. The summed E-state index contributed by atoms with van der Waals surface area (Å²) in [6, 6.07) is 9.21. The minimum absolute atomic E-state index is 0.0113. The molecule has 0 N–H and O–H groups in total. The van der Waals surface area contributed by atoms with Gasteiger partial charge < -0.3 is 9.64 Å². The molecule has 4 rings (SSSR count). The number of ether oxygens (including phenoxy) is 1. The Labute approximate surface area is 119 Å². The zero-order chi connectivity index (χ0) is 13.7. The van der Waals surface area contributed by atoms with Crippen molar-refractivity contribution in [3.8, 4) is 0 Å². The number of fused-ring (bicyclic) bond motifs is 4. The van der Waals surface area contributed by atoms with Gasteiger partial charge >= 0.3 is 5.97 Å². The van der Waals surface area contributed by atoms with Crippen LogP contribution in [0.1, 0.15) is 43.4 Å². The summed E-state index contributed by atoms with van der Waals surface area (Å²) in [6.45, 7) is 3.02. The molecule has 1 aromatic carbocycles. The standard InChI is InChI=1S/C17H19NO2/c1-11-10-16-14(17(19)20-11)6-7-15-13-5-3-2-4-12(13)8-9-18(15)16/h2-5,11,15H,6-10H2,1H3/t11-,15+/m1/s1. The van der Waals surface area contributed by atoms with Crippen LogP contribution in [-0.4, -0.2) is 23.5 Å². The van der Waals surface area contributed by atoms with Crippen molar-refractivity contribution in [2.24, 2.45) is 0 Å². The highest BCUT2D eigenvalue weighted by atomic mass is 16.5. The van der Waals surface area contributed by atoms with E-state index in [1.165, 1.54) is 16.8 Å². The lowest BCUT2D eigenvalue weighted by molar-refractivity contribution is -0.146. The first-order chi connectivity index (χ1) is 9.74. The van der Waals surface area contributed by atoms with Crippen LogP contribution in [0.4, 0.5) is 0 Å². The molecule has 1 aromatic rings. The molecule has 0 amide bonds. The molecule has 0 unspecified atom stereocenters. The van der Waals surface area contributed by atoms with Crippen LogP contribution in [0.3, 0.4) is 0 Å². The third-order valence-corrected chi connectivity index (χ3v) is 4.81. The third-order valence-electron chi connectivity index (χ3n) is 4.81. The fourth-order valence-electron chi connectivity index (χ4n) is 3.91. The van der Waals surface area contributed by atoms with Gasteiger partial charge in [-0.15, -0.1) is 0 Å². The highest BCUT2D eigenvalue weighted by Crippen LogP contribution is 2.44. The maximum absolute atomic E-state index is 12.1. The summed E-state index contributed by atoms with van der Waals surface area (Å²) in [4.78, 5) is 14.5. The molecule has 0 saturated carbocycles. The highest BCUT2D eigenvalue weighted by Gasteiger charge is 2.38. The van der Waals surface area contributed by atoms with Crippen LogP contribution in [0, 0.1) is 0 Å². The number of carbonyl (C=O) groups is 1. The van der Waals surface area contributed by atoms with E-state index in [1.807, 2.05) is 6.92 Å². The molecule has 2 atom stereocenters. The second kappa shape index (κ2) is 4.37. The predicted octanol–water partition coefficient (Wildman–Crippen LogP) is 2.97. The lowest BCUT2D eigenvalue weighted by Crippen LogP contribution is -2.42. The summed E-state index contributed by atoms with van der Waals surface area (Å²) in [5, 5.41) is 0. The maximum atomic E-state index is 12.1. The van der Waals surface area contributed by atoms with Crippen LogP contribution in [0.15, 0.2) is 35.5 Å². The first kappa shape index (κ1) is 12.0. The average Bonchev–Trinajstić information content (AvgIpc) is 2.46. The van der Waals surface area contributed by atoms with Gasteiger partial charge in [-0.05, 0) is 37.3 Å². The molecular weight excluding hydrogens is 250 g/mol. The van der Waals surface area contributed by atoms with Crippen molar-refractivity contribution >= 4 is 5.97 Å². The number of esters is 1. The molecule has 3 aliphatic heterocycles. The van der Waals surface area contributed by atoms with Gasteiger partial charge in [-0.3, -0.25) is 0 Å². The van der Waals surface area contributed by atoms with E-state index in [-0.39, 0.29) is 12.1 Å². The van der Waals surface area contributed by atoms with Gasteiger partial charge in [-0.25, -0.2) is 4.79 Å². The summed E-state index contributed by atoms with van der Waals surface area (Å²) in [6.07, 6.45) is 3.85. The molecule has 3 heteroatoms. The van der Waals surface area contributed by atoms with Crippen LogP contribution in [0.5, 0.6) is 0 Å². The Hall–Kier alpha value is -1.77. The number of rotatable bonds is 0. The number of carbonyl (C=O) groups excluding carboxylic acids is 1. The van der Waals surface area contributed by atoms with Gasteiger partial charge in [-0.2, -0.15) is 0 Å². The highest BCUT2D eigenvalue weighted by molar-refractivity contribution is 5.90. The molecule has 0 spiro atoms. The van der Waals surface area contributed by atoms with E-state index < -0.39 is 0 Å². The molecule has 3 heterocycles. The first-order valence-corrected chi connectivity index (χ1v) is 7.51. The smallest absolute Gasteiger partial charge is 0.336 e. The van der Waals surface area contributed by atoms with Crippen molar-refractivity contribution in [3.63, 3.8) is 0 Å². The molecule has 104 valence electrons. The SMILES string of the molecule is C[C@@H]1CC2=C(CC[C@H]3c4ccccc4CCN23)C(=O)O1. The van der Waals surface area contributed by atoms with E-state index in [1.54, 1.807) is 0 Å². The summed E-state index contributed by atoms with van der Waals surface area (Å²) in [5.74, 6) is -0.0870. The summed E-state index contributed by atoms with van der Waals surface area (Å²) in [5.41, 5.74) is 5.11. The van der Waals surface area contributed by atoms with E-state index in [0.29, 0.717) is 6.04 Å². The van der Waals surface area contributed by atoms with Crippen molar-refractivity contribution in [3.05, 3.63) is 46.7 Å². The van der Waals surface area contributed by atoms with Crippen LogP contribution in [-0.2, 0) is 16.0 Å². The minimum Gasteiger partial charge on any atom is -0.459 e. The van der Waals surface area contributed by atoms with E-state index in [0.717, 1.165) is 37.8 Å². The average molecular weight is 269 g/mol. The second-order valence-electron chi connectivity index (χ2n) is 6.04. The Balaban J connectivity index is 1.76. The molecule has 20 heavy (non-hydrogen) atoms. The van der Waals surface area contributed by atoms with Crippen molar-refractivity contribution in [1.82, 2.24) is 4.90 Å². The second-order valence-corrected chi connectivity index (χ2v) is 6.04. The fraction of sp³-hybridized carbons (Fsp3) is 0.471. The van der Waals surface area contributed by atoms with Crippen molar-refractivity contribution in [2.75, 3.05) is 6.54 Å². The van der Waals surface area contributed by atoms with Gasteiger partial charge in [0.2, 0.25) is 0 Å². The Bertz CT molecular complexity index is 605. The molecule has 0 bridgehead atoms. The van der Waals surface area contributed by atoms with Crippen LogP contribution in [0.25, 0.3) is 0 Å². The quantitative estimate of drug-likeness (QED) is 0.678. The minimum atomic E-state index is -0.0870. The van der Waals surface area contributed by atoms with Gasteiger partial charge in [0.05, 0.1) is 11.6 Å². The van der Waals surface area contributed by atoms with Gasteiger partial charge in [0.15, 0.2) is 0 Å². The van der Waals surface area contributed by atoms with E-state index in [4.69, 9.17) is 4.74 Å². The lowest BCUT2D eigenvalue weighted by atomic mass is 9.83. The summed E-state index contributed by atoms with van der Waals surface area (Å²) >= 11 is 0. The molecular formula is C17H19NO2. The van der Waals surface area contributed by atoms with E-state index >= 15 is 0 Å². The van der Waals surface area contributed by atoms with Crippen LogP contribution >= 0.6 is 0 Å². The molecule has 0 aromatic heterocycles. The normalized spacial score (nSPS) is 28.4. The first-order valence-electron chi connectivity index (χ1n) is 7.51. The molecule has 0 fully saturated rings. The Morgan fingerprint density at radius 2 is 2.10 bits per heavy atom. The number of cyclic esters (lactones) is 1. The topological polar surface area (TPSA) is 29.5 Å². The number of hydrogen-bond acceptors (Lipinski definition) is 3. The zero-order valence-electron chi connectivity index (χ0n) is 11.8. The molecule has 0 aliphatic carbocycles. The van der Waals surface area contributed by atoms with Crippen molar-refractivity contribution < 1.29 is 9.53 Å². The maximum Gasteiger partial charge on any atom is 0.336 e. The van der Waals surface area contributed by atoms with E-state index in [2.05, 4.69) is 29.2 Å². The Kier molecular flexibility index (Phi) is 2.62. The molecule has 0 saturated heterocycles. The van der Waals surface area contributed by atoms with Crippen LogP contribution in [0.2, 0.25) is 0 Å². The van der Waals surface area contributed by atoms with Crippen molar-refractivity contribution in [2.45, 2.75) is 44.8 Å². The number of hydrogen-bond donors (Lipinski definition) is 0. The number of benzene rings is 1. The van der Waals surface area contributed by atoms with Gasteiger partial charge in [0.25, 0.3) is 0 Å². The zero-order valence-corrected chi connectivity index (χ0v) is 11.8. The lowest BCUT2D eigenvalue weighted by Gasteiger charge is -2.46. The largest absolute Gasteiger partial charge is 0.459 e. The van der Waals surface area contributed by atoms with Gasteiger partial charge in [-0.1, -0.05) is 24.3 Å². The third kappa shape index (κ3) is 1.69. The van der Waals surface area contributed by atoms with Crippen molar-refractivity contribution in [1.29, 1.82) is 0 Å². The van der Waals surface area contributed by atoms with Gasteiger partial charge in [0.1, 0.15) is 6.10 Å². The molecule has 3 aliphatic rings. The Morgan fingerprint density at radius 3 is 3.00 bits per heavy atom. The van der Waals surface area contributed by atoms with E-state index in [9.17, 15) is 4.79 Å². The number of nitrogens with zero attached hydrogens (tertiary/aromatic N) is 1. The predicted molar refractivity (Wildman–Crippen MR) is 76.0 cm³/mol. The molecule has 0 radical (unpaired) electrons. The van der Waals surface area contributed by atoms with Crippen LogP contribution < -0.4 is 0 Å². The molecule has 3 nitrogen and oxygen atoms in total. The Morgan fingerprint density at radius 1 is 1.25 bits per heavy atom. The summed E-state index contributed by atoms with van der Waals surface area (Å²) in [7, 11) is 0. The monoisotopic (exact) mass is 269 g/mol. The van der Waals surface area contributed by atoms with Gasteiger partial charge in [0, 0.05) is 18.7 Å². The fourth-order valence-corrected chi connectivity index (χ4v) is 3.91.